The summed E-state index contributed by atoms with van der Waals surface area (Å²) in [5, 5.41) is 39.4. The van der Waals surface area contributed by atoms with Gasteiger partial charge in [-0.05, 0) is 55.5 Å². The summed E-state index contributed by atoms with van der Waals surface area (Å²) in [6, 6.07) is 10.8. The van der Waals surface area contributed by atoms with E-state index in [1.807, 2.05) is 12.1 Å². The lowest BCUT2D eigenvalue weighted by Gasteiger charge is -2.30. The number of primary amides is 1. The number of benzene rings is 2. The molecule has 12 N–H and O–H groups in total. The maximum atomic E-state index is 13.0. The SMILES string of the molecule is CCCCc1ccc(-c2ccc(C(=O)N[C@H](C)C(=O)NCC(=O)N(C)C(C(=O)N[C@@H](N)C(=O)NC(CC(N)=O)C(=O)NCB(O)O)C(C)O)cc2)cc1. The highest BCUT2D eigenvalue weighted by atomic mass is 16.4. The first-order chi connectivity index (χ1) is 24.9. The van der Waals surface area contributed by atoms with Gasteiger partial charge in [0.25, 0.3) is 11.8 Å². The second-order valence-corrected chi connectivity index (χ2v) is 12.4. The molecule has 0 aliphatic heterocycles. The van der Waals surface area contributed by atoms with Gasteiger partial charge in [0.15, 0.2) is 6.17 Å². The zero-order valence-corrected chi connectivity index (χ0v) is 30.1. The summed E-state index contributed by atoms with van der Waals surface area (Å²) in [7, 11) is -0.756. The number of rotatable bonds is 20. The third-order valence-electron chi connectivity index (χ3n) is 8.02. The van der Waals surface area contributed by atoms with Crippen molar-refractivity contribution in [3.8, 4) is 11.1 Å². The van der Waals surface area contributed by atoms with E-state index in [-0.39, 0.29) is 0 Å². The lowest BCUT2D eigenvalue weighted by molar-refractivity contribution is -0.144. The van der Waals surface area contributed by atoms with Crippen LogP contribution >= 0.6 is 0 Å². The van der Waals surface area contributed by atoms with E-state index in [2.05, 4.69) is 45.6 Å². The largest absolute Gasteiger partial charge is 0.472 e. The summed E-state index contributed by atoms with van der Waals surface area (Å²) in [5.41, 5.74) is 14.4. The summed E-state index contributed by atoms with van der Waals surface area (Å²) in [5.74, 6) is -6.28. The number of aryl methyl sites for hydroxylation is 1. The fourth-order valence-corrected chi connectivity index (χ4v) is 5.01. The number of carbonyl (C=O) groups is 7. The second kappa shape index (κ2) is 21.2. The minimum Gasteiger partial charge on any atom is -0.426 e. The van der Waals surface area contributed by atoms with Gasteiger partial charge in [-0.1, -0.05) is 49.7 Å². The smallest absolute Gasteiger partial charge is 0.426 e. The first kappa shape index (κ1) is 43.8. The van der Waals surface area contributed by atoms with Crippen LogP contribution < -0.4 is 38.1 Å². The van der Waals surface area contributed by atoms with E-state index < -0.39 is 98.3 Å². The van der Waals surface area contributed by atoms with Gasteiger partial charge in [0.2, 0.25) is 29.5 Å². The third kappa shape index (κ3) is 14.3. The molecular weight excluding hydrogens is 691 g/mol. The highest BCUT2D eigenvalue weighted by Crippen LogP contribution is 2.21. The average molecular weight is 741 g/mol. The molecule has 7 amide bonds. The number of unbranched alkanes of at least 4 members (excludes halogenated alkanes) is 1. The van der Waals surface area contributed by atoms with E-state index >= 15 is 0 Å². The van der Waals surface area contributed by atoms with Crippen LogP contribution in [-0.4, -0.2) is 119 Å². The van der Waals surface area contributed by atoms with Crippen molar-refractivity contribution >= 4 is 48.5 Å². The van der Waals surface area contributed by atoms with E-state index in [0.29, 0.717) is 5.56 Å². The minimum atomic E-state index is -1.92. The van der Waals surface area contributed by atoms with Crippen LogP contribution in [0.1, 0.15) is 56.0 Å². The molecule has 2 aromatic rings. The Morgan fingerprint density at radius 2 is 1.40 bits per heavy atom. The number of aliphatic hydroxyl groups is 1. The normalized spacial score (nSPS) is 13.6. The van der Waals surface area contributed by atoms with Gasteiger partial charge in [0, 0.05) is 12.6 Å². The maximum Gasteiger partial charge on any atom is 0.472 e. The summed E-state index contributed by atoms with van der Waals surface area (Å²) < 4.78 is 0. The summed E-state index contributed by atoms with van der Waals surface area (Å²) in [6.45, 7) is 4.12. The number of nitrogens with zero attached hydrogens (tertiary/aromatic N) is 1. The van der Waals surface area contributed by atoms with Crippen molar-refractivity contribution in [2.45, 2.75) is 76.8 Å². The predicted octanol–water partition coefficient (Wildman–Crippen LogP) is -2.97. The fraction of sp³-hybridized carbons (Fsp3) is 0.441. The Labute approximate surface area is 307 Å². The van der Waals surface area contributed by atoms with Crippen molar-refractivity contribution in [1.29, 1.82) is 0 Å². The second-order valence-electron chi connectivity index (χ2n) is 12.4. The minimum absolute atomic E-state index is 0.314. The molecule has 5 atom stereocenters. The highest BCUT2D eigenvalue weighted by Gasteiger charge is 2.34. The standard InChI is InChI=1S/C34H49BN8O10/c1-5-6-7-21-8-10-22(11-9-21)23-12-14-24(15-13-23)31(48)40-19(2)30(47)38-17-27(46)43(4)28(20(3)44)33(50)42-29(37)34(51)41-25(16-26(36)45)32(49)39-18-35(52)53/h8-15,19-20,25,28-29,44,52-53H,5-7,16-18,37H2,1-4H3,(H2,36,45)(H,38,47)(H,39,49)(H,40,48)(H,41,51)(H,42,50)/t19-,20?,25?,28?,29-/m1/s1. The molecule has 2 aromatic carbocycles. The molecule has 19 heteroatoms. The molecule has 0 spiro atoms. The van der Waals surface area contributed by atoms with Crippen LogP contribution in [0.15, 0.2) is 48.5 Å². The molecule has 0 aromatic heterocycles. The molecule has 53 heavy (non-hydrogen) atoms. The van der Waals surface area contributed by atoms with Crippen LogP contribution in [0.4, 0.5) is 0 Å². The Morgan fingerprint density at radius 1 is 0.811 bits per heavy atom. The molecule has 18 nitrogen and oxygen atoms in total. The van der Waals surface area contributed by atoms with Gasteiger partial charge in [-0.2, -0.15) is 0 Å². The molecule has 0 aliphatic rings. The first-order valence-electron chi connectivity index (χ1n) is 16.9. The number of likely N-dealkylation sites (N-methyl/N-ethyl adjacent to an activating group) is 1. The zero-order chi connectivity index (χ0) is 39.8. The van der Waals surface area contributed by atoms with Gasteiger partial charge < -0.3 is 58.1 Å². The quantitative estimate of drug-likeness (QED) is 0.0483. The van der Waals surface area contributed by atoms with Crippen LogP contribution in [-0.2, 0) is 35.2 Å². The predicted molar refractivity (Wildman–Crippen MR) is 194 cm³/mol. The van der Waals surface area contributed by atoms with Gasteiger partial charge in [0.05, 0.1) is 25.5 Å². The molecule has 0 fully saturated rings. The first-order valence-corrected chi connectivity index (χ1v) is 16.9. The Hall–Kier alpha value is -5.37. The number of nitrogens with two attached hydrogens (primary N) is 2. The Morgan fingerprint density at radius 3 is 1.92 bits per heavy atom. The van der Waals surface area contributed by atoms with Crippen molar-refractivity contribution in [2.75, 3.05) is 20.0 Å². The van der Waals surface area contributed by atoms with E-state index in [1.165, 1.54) is 19.4 Å². The number of carbonyl (C=O) groups excluding carboxylic acids is 7. The van der Waals surface area contributed by atoms with E-state index in [1.54, 1.807) is 24.3 Å². The lowest BCUT2D eigenvalue weighted by Crippen LogP contribution is -2.62. The van der Waals surface area contributed by atoms with Gasteiger partial charge in [-0.3, -0.25) is 33.6 Å². The van der Waals surface area contributed by atoms with Crippen molar-refractivity contribution in [1.82, 2.24) is 31.5 Å². The lowest BCUT2D eigenvalue weighted by atomic mass is 9.92. The highest BCUT2D eigenvalue weighted by molar-refractivity contribution is 6.41. The number of hydrogen-bond donors (Lipinski definition) is 10. The number of hydrogen-bond acceptors (Lipinski definition) is 11. The molecule has 0 heterocycles. The van der Waals surface area contributed by atoms with Gasteiger partial charge in [-0.15, -0.1) is 0 Å². The van der Waals surface area contributed by atoms with E-state index in [0.717, 1.165) is 42.3 Å². The summed E-state index contributed by atoms with van der Waals surface area (Å²) in [6.07, 6.45) is -1.41. The zero-order valence-electron chi connectivity index (χ0n) is 30.1. The monoisotopic (exact) mass is 740 g/mol. The van der Waals surface area contributed by atoms with E-state index in [4.69, 9.17) is 21.5 Å². The Balaban J connectivity index is 1.93. The number of nitrogens with one attached hydrogen (secondary N) is 5. The van der Waals surface area contributed by atoms with Crippen LogP contribution in [0.3, 0.4) is 0 Å². The van der Waals surface area contributed by atoms with Crippen LogP contribution in [0.5, 0.6) is 0 Å². The molecular formula is C34H49BN8O10. The van der Waals surface area contributed by atoms with Crippen LogP contribution in [0, 0.1) is 0 Å². The molecule has 0 aliphatic carbocycles. The molecule has 3 unspecified atom stereocenters. The third-order valence-corrected chi connectivity index (χ3v) is 8.02. The molecule has 0 saturated heterocycles. The summed E-state index contributed by atoms with van der Waals surface area (Å²) in [4.78, 5) is 88.6. The van der Waals surface area contributed by atoms with Crippen LogP contribution in [0.2, 0.25) is 0 Å². The van der Waals surface area contributed by atoms with Crippen molar-refractivity contribution < 1.29 is 48.7 Å². The Kier molecular flexibility index (Phi) is 17.5. The molecule has 0 bridgehead atoms. The molecule has 2 rings (SSSR count). The fourth-order valence-electron chi connectivity index (χ4n) is 5.01. The number of aliphatic hydroxyl groups excluding tert-OH is 1. The van der Waals surface area contributed by atoms with Crippen LogP contribution in [0.25, 0.3) is 11.1 Å². The summed E-state index contributed by atoms with van der Waals surface area (Å²) >= 11 is 0. The van der Waals surface area contributed by atoms with Crippen molar-refractivity contribution in [3.63, 3.8) is 0 Å². The van der Waals surface area contributed by atoms with Gasteiger partial charge >= 0.3 is 7.12 Å². The van der Waals surface area contributed by atoms with Gasteiger partial charge in [0.1, 0.15) is 18.1 Å². The van der Waals surface area contributed by atoms with E-state index in [9.17, 15) is 38.7 Å². The Bertz CT molecular complexity index is 1590. The molecule has 288 valence electrons. The maximum absolute atomic E-state index is 13.0. The van der Waals surface area contributed by atoms with Gasteiger partial charge in [-0.25, -0.2) is 0 Å². The topological polar surface area (TPSA) is 296 Å². The molecule has 0 radical (unpaired) electrons. The van der Waals surface area contributed by atoms with Crippen molar-refractivity contribution in [2.24, 2.45) is 11.5 Å². The molecule has 0 saturated carbocycles. The number of amides is 7. The van der Waals surface area contributed by atoms with Crippen molar-refractivity contribution in [3.05, 3.63) is 59.7 Å². The average Bonchev–Trinajstić information content (AvgIpc) is 3.11.